The van der Waals surface area contributed by atoms with Crippen molar-refractivity contribution in [3.8, 4) is 0 Å². The molecule has 0 saturated carbocycles. The third-order valence-electron chi connectivity index (χ3n) is 2.25. The number of nitro groups is 1. The molecule has 0 saturated heterocycles. The van der Waals surface area contributed by atoms with E-state index in [1.54, 1.807) is 12.3 Å². The molecule has 1 aromatic heterocycles. The Labute approximate surface area is 114 Å². The van der Waals surface area contributed by atoms with Gasteiger partial charge in [0.2, 0.25) is 0 Å². The van der Waals surface area contributed by atoms with Crippen molar-refractivity contribution in [3.63, 3.8) is 0 Å². The van der Waals surface area contributed by atoms with Crippen molar-refractivity contribution in [2.45, 2.75) is 13.0 Å². The monoisotopic (exact) mass is 290 g/mol. The van der Waals surface area contributed by atoms with Crippen LogP contribution in [0, 0.1) is 10.1 Å². The number of aromatic nitrogens is 1. The molecule has 0 amide bonds. The van der Waals surface area contributed by atoms with Crippen molar-refractivity contribution in [3.05, 3.63) is 38.1 Å². The van der Waals surface area contributed by atoms with E-state index in [1.165, 1.54) is 7.05 Å². The van der Waals surface area contributed by atoms with Crippen molar-refractivity contribution in [1.29, 1.82) is 0 Å². The lowest BCUT2D eigenvalue weighted by Gasteiger charge is -2.15. The molecule has 0 aliphatic carbocycles. The molecule has 0 aliphatic rings. The lowest BCUT2D eigenvalue weighted by Crippen LogP contribution is -2.32. The average molecular weight is 291 g/mol. The van der Waals surface area contributed by atoms with Crippen LogP contribution >= 0.6 is 23.2 Å². The first kappa shape index (κ1) is 14.7. The lowest BCUT2D eigenvalue weighted by molar-refractivity contribution is -0.463. The van der Waals surface area contributed by atoms with Gasteiger partial charge in [-0.1, -0.05) is 23.2 Å². The van der Waals surface area contributed by atoms with Crippen LogP contribution in [-0.4, -0.2) is 29.3 Å². The van der Waals surface area contributed by atoms with Crippen LogP contribution in [0.3, 0.4) is 0 Å². The van der Waals surface area contributed by atoms with Gasteiger partial charge in [-0.2, -0.15) is 0 Å². The molecule has 1 aromatic rings. The van der Waals surface area contributed by atoms with E-state index in [1.807, 2.05) is 6.92 Å². The highest BCUT2D eigenvalue weighted by molar-refractivity contribution is 6.41. The molecule has 6 nitrogen and oxygen atoms in total. The van der Waals surface area contributed by atoms with Gasteiger partial charge in [-0.05, 0) is 18.6 Å². The van der Waals surface area contributed by atoms with Crippen LogP contribution in [0.2, 0.25) is 10.2 Å². The molecule has 18 heavy (non-hydrogen) atoms. The Morgan fingerprint density at radius 1 is 1.67 bits per heavy atom. The summed E-state index contributed by atoms with van der Waals surface area (Å²) in [5.41, 5.74) is 0.772. The van der Waals surface area contributed by atoms with Crippen molar-refractivity contribution in [2.24, 2.45) is 4.99 Å². The first-order valence-electron chi connectivity index (χ1n) is 5.09. The molecule has 0 aromatic carbocycles. The Morgan fingerprint density at radius 2 is 2.33 bits per heavy atom. The van der Waals surface area contributed by atoms with Crippen LogP contribution in [0.25, 0.3) is 0 Å². The van der Waals surface area contributed by atoms with E-state index >= 15 is 0 Å². The maximum absolute atomic E-state index is 10.4. The predicted octanol–water partition coefficient (Wildman–Crippen LogP) is 2.34. The Balaban J connectivity index is 2.78. The highest BCUT2D eigenvalue weighted by Gasteiger charge is 2.13. The molecule has 98 valence electrons. The fourth-order valence-corrected chi connectivity index (χ4v) is 1.59. The lowest BCUT2D eigenvalue weighted by atomic mass is 10.1. The first-order chi connectivity index (χ1) is 8.43. The molecule has 0 aliphatic heterocycles. The second-order valence-electron chi connectivity index (χ2n) is 3.57. The van der Waals surface area contributed by atoms with E-state index in [-0.39, 0.29) is 17.7 Å². The van der Waals surface area contributed by atoms with Crippen molar-refractivity contribution < 1.29 is 4.92 Å². The van der Waals surface area contributed by atoms with Gasteiger partial charge in [0.15, 0.2) is 5.84 Å². The average Bonchev–Trinajstić information content (AvgIpc) is 2.31. The van der Waals surface area contributed by atoms with Crippen LogP contribution in [0.15, 0.2) is 17.3 Å². The van der Waals surface area contributed by atoms with E-state index in [0.29, 0.717) is 10.9 Å². The summed E-state index contributed by atoms with van der Waals surface area (Å²) in [6.07, 6.45) is 1.56. The quantitative estimate of drug-likeness (QED) is 0.303. The van der Waals surface area contributed by atoms with E-state index in [9.17, 15) is 10.1 Å². The number of nitrogens with one attached hydrogen (secondary N) is 1. The smallest absolute Gasteiger partial charge is 0.259 e. The van der Waals surface area contributed by atoms with Gasteiger partial charge in [-0.25, -0.2) is 4.98 Å². The van der Waals surface area contributed by atoms with Gasteiger partial charge in [-0.3, -0.25) is 15.1 Å². The van der Waals surface area contributed by atoms with Crippen LogP contribution in [0.4, 0.5) is 0 Å². The molecule has 1 N–H and O–H groups in total. The van der Waals surface area contributed by atoms with Gasteiger partial charge >= 0.3 is 0 Å². The van der Waals surface area contributed by atoms with E-state index < -0.39 is 4.92 Å². The zero-order valence-electron chi connectivity index (χ0n) is 9.85. The molecule has 0 bridgehead atoms. The third kappa shape index (κ3) is 4.12. The highest BCUT2D eigenvalue weighted by atomic mass is 35.5. The number of hydrogen-bond acceptors (Lipinski definition) is 4. The van der Waals surface area contributed by atoms with Crippen molar-refractivity contribution in [1.82, 2.24) is 10.3 Å². The number of rotatable bonds is 4. The zero-order chi connectivity index (χ0) is 13.7. The van der Waals surface area contributed by atoms with E-state index in [0.717, 1.165) is 5.56 Å². The van der Waals surface area contributed by atoms with Crippen molar-refractivity contribution in [2.75, 3.05) is 13.6 Å². The summed E-state index contributed by atoms with van der Waals surface area (Å²) in [6, 6.07) is 1.46. The van der Waals surface area contributed by atoms with Crippen LogP contribution in [-0.2, 0) is 0 Å². The summed E-state index contributed by atoms with van der Waals surface area (Å²) < 4.78 is 0. The van der Waals surface area contributed by atoms with Crippen LogP contribution in [0.1, 0.15) is 18.5 Å². The SMILES string of the molecule is CN=C(C[N+](=O)[O-])NC(C)c1cnc(Cl)c(Cl)c1. The van der Waals surface area contributed by atoms with Crippen LogP contribution in [0.5, 0.6) is 0 Å². The Kier molecular flexibility index (Phi) is 5.30. The Morgan fingerprint density at radius 3 is 2.83 bits per heavy atom. The summed E-state index contributed by atoms with van der Waals surface area (Å²) in [6.45, 7) is 1.47. The van der Waals surface area contributed by atoms with Gasteiger partial charge < -0.3 is 5.32 Å². The molecule has 0 radical (unpaired) electrons. The molecular formula is C10H12Cl2N4O2. The normalized spacial score (nSPS) is 13.2. The fourth-order valence-electron chi connectivity index (χ4n) is 1.31. The van der Waals surface area contributed by atoms with E-state index in [2.05, 4.69) is 15.3 Å². The number of pyridine rings is 1. The molecule has 1 unspecified atom stereocenters. The first-order valence-corrected chi connectivity index (χ1v) is 5.84. The maximum atomic E-state index is 10.4. The molecule has 1 atom stereocenters. The minimum absolute atomic E-state index is 0.203. The molecule has 1 heterocycles. The van der Waals surface area contributed by atoms with Gasteiger partial charge in [0.25, 0.3) is 6.54 Å². The number of hydrogen-bond donors (Lipinski definition) is 1. The highest BCUT2D eigenvalue weighted by Crippen LogP contribution is 2.22. The largest absolute Gasteiger partial charge is 0.362 e. The Bertz CT molecular complexity index is 479. The predicted molar refractivity (Wildman–Crippen MR) is 71.0 cm³/mol. The second kappa shape index (κ2) is 6.51. The number of amidine groups is 1. The van der Waals surface area contributed by atoms with Crippen LogP contribution < -0.4 is 5.32 Å². The summed E-state index contributed by atoms with van der Waals surface area (Å²) in [5.74, 6) is 0.290. The molecule has 1 rings (SSSR count). The van der Waals surface area contributed by atoms with E-state index in [4.69, 9.17) is 23.2 Å². The molecule has 8 heteroatoms. The summed E-state index contributed by atoms with van der Waals surface area (Å²) in [5, 5.41) is 13.9. The van der Waals surface area contributed by atoms with Gasteiger partial charge in [0, 0.05) is 18.2 Å². The van der Waals surface area contributed by atoms with Gasteiger partial charge in [-0.15, -0.1) is 0 Å². The van der Waals surface area contributed by atoms with Gasteiger partial charge in [0.05, 0.1) is 11.1 Å². The fraction of sp³-hybridized carbons (Fsp3) is 0.400. The minimum Gasteiger partial charge on any atom is -0.362 e. The topological polar surface area (TPSA) is 80.4 Å². The Hall–Kier alpha value is -1.40. The molecular weight excluding hydrogens is 279 g/mol. The standard InChI is InChI=1S/C10H12Cl2N4O2/c1-6(15-9(13-2)5-16(17)18)7-3-8(11)10(12)14-4-7/h3-4,6H,5H2,1-2H3,(H,13,15). The second-order valence-corrected chi connectivity index (χ2v) is 4.33. The molecule has 0 fully saturated rings. The number of nitrogens with zero attached hydrogens (tertiary/aromatic N) is 3. The molecule has 0 spiro atoms. The zero-order valence-corrected chi connectivity index (χ0v) is 11.4. The third-order valence-corrected chi connectivity index (χ3v) is 2.94. The maximum Gasteiger partial charge on any atom is 0.259 e. The summed E-state index contributed by atoms with van der Waals surface area (Å²) in [4.78, 5) is 17.7. The van der Waals surface area contributed by atoms with Gasteiger partial charge in [0.1, 0.15) is 5.15 Å². The van der Waals surface area contributed by atoms with Crippen molar-refractivity contribution >= 4 is 29.0 Å². The minimum atomic E-state index is -0.449. The summed E-state index contributed by atoms with van der Waals surface area (Å²) >= 11 is 11.6. The number of aliphatic imine (C=N–C) groups is 1. The summed E-state index contributed by atoms with van der Waals surface area (Å²) in [7, 11) is 1.49. The number of halogens is 2.